The number of Topliss-reactive ketones (excluding diaryl/α,β-unsaturated/α-hetero) is 3. The number of carbonyl (C=O) groups is 6. The van der Waals surface area contributed by atoms with Crippen LogP contribution in [0, 0.1) is 11.8 Å². The monoisotopic (exact) mass is 714 g/mol. The van der Waals surface area contributed by atoms with Crippen molar-refractivity contribution < 1.29 is 43.9 Å². The highest BCUT2D eigenvalue weighted by Crippen LogP contribution is 2.24. The highest BCUT2D eigenvalue weighted by Gasteiger charge is 2.33. The quantitative estimate of drug-likeness (QED) is 0.0532. The van der Waals surface area contributed by atoms with Crippen molar-refractivity contribution in [1.29, 1.82) is 0 Å². The second kappa shape index (κ2) is 20.7. The lowest BCUT2D eigenvalue weighted by Gasteiger charge is -2.25. The molecule has 0 aliphatic rings. The lowest BCUT2D eigenvalue weighted by atomic mass is 9.71. The van der Waals surface area contributed by atoms with Crippen molar-refractivity contribution in [1.82, 2.24) is 10.6 Å². The molecule has 50 heavy (non-hydrogen) atoms. The predicted molar refractivity (Wildman–Crippen MR) is 190 cm³/mol. The largest absolute Gasteiger partial charge is 0.454 e. The number of rotatable bonds is 22. The molecule has 6 atom stereocenters. The van der Waals surface area contributed by atoms with Crippen LogP contribution in [0.2, 0.25) is 10.8 Å². The van der Waals surface area contributed by atoms with E-state index >= 15 is 0 Å². The molecule has 2 aromatic carbocycles. The van der Waals surface area contributed by atoms with Crippen LogP contribution in [0.15, 0.2) is 48.5 Å². The van der Waals surface area contributed by atoms with Gasteiger partial charge in [0.05, 0.1) is 18.6 Å². The minimum Gasteiger partial charge on any atom is -0.427 e. The number of amides is 3. The molecule has 0 heterocycles. The fourth-order valence-corrected chi connectivity index (χ4v) is 5.41. The van der Waals surface area contributed by atoms with Crippen LogP contribution in [0.1, 0.15) is 76.1 Å². The van der Waals surface area contributed by atoms with Crippen molar-refractivity contribution in [2.45, 2.75) is 89.7 Å². The van der Waals surface area contributed by atoms with Crippen molar-refractivity contribution in [3.05, 3.63) is 59.1 Å². The van der Waals surface area contributed by atoms with Crippen LogP contribution in [-0.4, -0.2) is 82.1 Å². The molecule has 0 aliphatic carbocycles. The summed E-state index contributed by atoms with van der Waals surface area (Å²) in [7, 11) is -1.79. The van der Waals surface area contributed by atoms with E-state index in [2.05, 4.69) is 10.6 Å². The summed E-state index contributed by atoms with van der Waals surface area (Å²) in [4.78, 5) is 77.3. The highest BCUT2D eigenvalue weighted by molar-refractivity contribution is 6.43. The molecular formula is C35H48BClN4O9. The maximum absolute atomic E-state index is 13.5. The van der Waals surface area contributed by atoms with Gasteiger partial charge < -0.3 is 37.3 Å². The Kier molecular flexibility index (Phi) is 17.4. The first-order chi connectivity index (χ1) is 23.5. The number of ketones is 3. The van der Waals surface area contributed by atoms with Gasteiger partial charge in [-0.3, -0.25) is 28.8 Å². The van der Waals surface area contributed by atoms with Crippen molar-refractivity contribution in [2.24, 2.45) is 23.3 Å². The van der Waals surface area contributed by atoms with Gasteiger partial charge in [-0.1, -0.05) is 68.3 Å². The molecule has 2 aromatic rings. The maximum Gasteiger partial charge on any atom is 0.454 e. The first-order valence-electron chi connectivity index (χ1n) is 16.6. The molecule has 9 N–H and O–H groups in total. The number of hydrogen-bond donors (Lipinski definition) is 7. The van der Waals surface area contributed by atoms with Crippen LogP contribution in [0.4, 0.5) is 0 Å². The fourth-order valence-electron chi connectivity index (χ4n) is 5.28. The predicted octanol–water partition coefficient (Wildman–Crippen LogP) is 1.97. The van der Waals surface area contributed by atoms with Gasteiger partial charge in [-0.25, -0.2) is 0 Å². The average molecular weight is 715 g/mol. The minimum atomic E-state index is -1.79. The molecule has 0 fully saturated rings. The Morgan fingerprint density at radius 3 is 1.88 bits per heavy atom. The van der Waals surface area contributed by atoms with Gasteiger partial charge in [0.1, 0.15) is 6.04 Å². The number of benzene rings is 2. The lowest BCUT2D eigenvalue weighted by molar-refractivity contribution is -0.135. The van der Waals surface area contributed by atoms with Gasteiger partial charge in [0.2, 0.25) is 17.7 Å². The molecule has 0 saturated carbocycles. The van der Waals surface area contributed by atoms with Crippen molar-refractivity contribution >= 4 is 53.8 Å². The van der Waals surface area contributed by atoms with E-state index in [0.29, 0.717) is 36.4 Å². The van der Waals surface area contributed by atoms with Crippen LogP contribution in [-0.2, 0) is 24.0 Å². The fraction of sp³-hybridized carbons (Fsp3) is 0.486. The number of halogens is 1. The second-order valence-corrected chi connectivity index (χ2v) is 13.2. The Morgan fingerprint density at radius 2 is 1.36 bits per heavy atom. The van der Waals surface area contributed by atoms with Gasteiger partial charge in [0.15, 0.2) is 17.3 Å². The number of nitrogens with two attached hydrogens (primary N) is 2. The molecule has 1 unspecified atom stereocenters. The van der Waals surface area contributed by atoms with E-state index in [-0.39, 0.29) is 18.6 Å². The third kappa shape index (κ3) is 13.8. The van der Waals surface area contributed by atoms with Crippen LogP contribution >= 0.6 is 11.6 Å². The van der Waals surface area contributed by atoms with Gasteiger partial charge in [-0.15, -0.1) is 0 Å². The molecule has 0 saturated heterocycles. The number of carbonyl (C=O) groups excluding carboxylic acids is 6. The number of unbranched alkanes of at least 4 members (excludes halogenated alkanes) is 1. The third-order valence-corrected chi connectivity index (χ3v) is 8.67. The maximum atomic E-state index is 13.5. The Labute approximate surface area is 297 Å². The number of hydrogen-bond acceptors (Lipinski definition) is 10. The molecule has 0 aromatic heterocycles. The van der Waals surface area contributed by atoms with E-state index in [9.17, 15) is 43.9 Å². The molecule has 3 amide bonds. The summed E-state index contributed by atoms with van der Waals surface area (Å²) in [6.45, 7) is 4.49. The highest BCUT2D eigenvalue weighted by atomic mass is 35.5. The zero-order chi connectivity index (χ0) is 37.5. The van der Waals surface area contributed by atoms with E-state index in [1.165, 1.54) is 20.8 Å². The number of aliphatic hydroxyl groups excluding tert-OH is 1. The smallest absolute Gasteiger partial charge is 0.427 e. The lowest BCUT2D eigenvalue weighted by Crippen LogP contribution is -2.51. The van der Waals surface area contributed by atoms with Gasteiger partial charge in [-0.05, 0) is 55.4 Å². The van der Waals surface area contributed by atoms with E-state index in [4.69, 9.17) is 23.1 Å². The second-order valence-electron chi connectivity index (χ2n) is 12.8. The summed E-state index contributed by atoms with van der Waals surface area (Å²) >= 11 is 5.98. The van der Waals surface area contributed by atoms with Gasteiger partial charge >= 0.3 is 7.12 Å². The van der Waals surface area contributed by atoms with E-state index < -0.39 is 85.1 Å². The van der Waals surface area contributed by atoms with Crippen molar-refractivity contribution in [2.75, 3.05) is 6.54 Å². The minimum absolute atomic E-state index is 0.155. The van der Waals surface area contributed by atoms with E-state index in [1.807, 2.05) is 12.1 Å². The average Bonchev–Trinajstić information content (AvgIpc) is 3.06. The molecule has 15 heteroatoms. The summed E-state index contributed by atoms with van der Waals surface area (Å²) in [5, 5.41) is 34.6. The van der Waals surface area contributed by atoms with Crippen LogP contribution in [0.5, 0.6) is 0 Å². The van der Waals surface area contributed by atoms with E-state index in [0.717, 1.165) is 11.1 Å². The first-order valence-corrected chi connectivity index (χ1v) is 17.0. The molecule has 0 bridgehead atoms. The van der Waals surface area contributed by atoms with Crippen molar-refractivity contribution in [3.8, 4) is 11.1 Å². The SMILES string of the molecule is CC(O)[C@H](NC(=O)[C@H](CCCCN)CC(=O)c1ccc(-c2ccc(Cl)cc2)cc1)C(=O)C[C@@H](C)C(=O)N[C@@H](CC(N)=O)C(=O)C[C@@H](C)B(O)O. The Hall–Kier alpha value is -3.95. The Bertz CT molecular complexity index is 1470. The summed E-state index contributed by atoms with van der Waals surface area (Å²) < 4.78 is 0. The molecular weight excluding hydrogens is 667 g/mol. The Morgan fingerprint density at radius 1 is 0.780 bits per heavy atom. The number of primary amides is 1. The summed E-state index contributed by atoms with van der Waals surface area (Å²) in [5.41, 5.74) is 13.1. The number of aliphatic hydroxyl groups is 1. The molecule has 13 nitrogen and oxygen atoms in total. The van der Waals surface area contributed by atoms with Crippen LogP contribution in [0.3, 0.4) is 0 Å². The van der Waals surface area contributed by atoms with Crippen LogP contribution in [0.25, 0.3) is 11.1 Å². The first kappa shape index (κ1) is 42.2. The normalized spacial score (nSPS) is 14.7. The topological polar surface area (TPSA) is 239 Å². The van der Waals surface area contributed by atoms with E-state index in [1.54, 1.807) is 36.4 Å². The van der Waals surface area contributed by atoms with Gasteiger partial charge in [0.25, 0.3) is 0 Å². The molecule has 2 rings (SSSR count). The zero-order valence-electron chi connectivity index (χ0n) is 28.6. The summed E-state index contributed by atoms with van der Waals surface area (Å²) in [5.74, 6) is -6.63. The van der Waals surface area contributed by atoms with Crippen molar-refractivity contribution in [3.63, 3.8) is 0 Å². The molecule has 0 radical (unpaired) electrons. The van der Waals surface area contributed by atoms with Crippen LogP contribution < -0.4 is 22.1 Å². The Balaban J connectivity index is 2.12. The third-order valence-electron chi connectivity index (χ3n) is 8.42. The number of nitrogens with one attached hydrogen (secondary N) is 2. The summed E-state index contributed by atoms with van der Waals surface area (Å²) in [6.07, 6.45) is -1.39. The molecule has 272 valence electrons. The van der Waals surface area contributed by atoms with Gasteiger partial charge in [-0.2, -0.15) is 0 Å². The molecule has 0 spiro atoms. The summed E-state index contributed by atoms with van der Waals surface area (Å²) in [6, 6.07) is 11.4. The standard InChI is InChI=1S/C35H48BClN4O9/c1-20(34(47)40-28(19-32(39)46)30(44)17-21(2)36(49)50)16-31(45)33(22(3)42)41-35(48)26(6-4-5-15-38)18-29(43)25-9-7-23(8-10-25)24-11-13-27(37)14-12-24/h7-14,20-22,26,28,33,42,49-50H,4-6,15-19,38H2,1-3H3,(H2,39,46)(H,40,47)(H,41,48)/t20-,21-,22?,26-,28+,33+/m1/s1. The van der Waals surface area contributed by atoms with Gasteiger partial charge in [0, 0.05) is 41.7 Å². The zero-order valence-corrected chi connectivity index (χ0v) is 29.4. The molecule has 0 aliphatic heterocycles.